The number of aryl methyl sites for hydroxylation is 1. The predicted molar refractivity (Wildman–Crippen MR) is 62.9 cm³/mol. The van der Waals surface area contributed by atoms with E-state index in [4.69, 9.17) is 5.26 Å². The number of para-hydroxylation sites is 1. The molecular weight excluding hydrogens is 200 g/mol. The SMILES string of the molecule is N#CCC(O)CCc1c[nH]c2ccccc12. The molecule has 0 saturated carbocycles. The zero-order chi connectivity index (χ0) is 11.4. The number of nitrogens with zero attached hydrogens (tertiary/aromatic N) is 1. The van der Waals surface area contributed by atoms with E-state index in [0.29, 0.717) is 6.42 Å². The normalized spacial score (nSPS) is 12.5. The molecule has 0 spiro atoms. The second-order valence-corrected chi connectivity index (χ2v) is 3.91. The average Bonchev–Trinajstić information content (AvgIpc) is 2.70. The van der Waals surface area contributed by atoms with Crippen LogP contribution in [-0.4, -0.2) is 16.2 Å². The van der Waals surface area contributed by atoms with Crippen molar-refractivity contribution in [2.75, 3.05) is 0 Å². The summed E-state index contributed by atoms with van der Waals surface area (Å²) in [6.07, 6.45) is 3.10. The number of aliphatic hydroxyl groups is 1. The van der Waals surface area contributed by atoms with Gasteiger partial charge in [-0.05, 0) is 24.5 Å². The van der Waals surface area contributed by atoms with E-state index in [0.717, 1.165) is 11.9 Å². The van der Waals surface area contributed by atoms with Crippen LogP contribution in [0.5, 0.6) is 0 Å². The first-order valence-corrected chi connectivity index (χ1v) is 5.41. The summed E-state index contributed by atoms with van der Waals surface area (Å²) in [6.45, 7) is 0. The third-order valence-corrected chi connectivity index (χ3v) is 2.75. The highest BCUT2D eigenvalue weighted by atomic mass is 16.3. The standard InChI is InChI=1S/C13H14N2O/c14-8-7-11(16)6-5-10-9-15-13-4-2-1-3-12(10)13/h1-4,9,11,15-16H,5-7H2. The molecule has 0 amide bonds. The van der Waals surface area contributed by atoms with Gasteiger partial charge < -0.3 is 10.1 Å². The van der Waals surface area contributed by atoms with E-state index in [9.17, 15) is 5.11 Å². The maximum atomic E-state index is 9.49. The molecule has 0 aliphatic carbocycles. The third kappa shape index (κ3) is 2.23. The number of aliphatic hydroxyl groups excluding tert-OH is 1. The number of hydrogen-bond donors (Lipinski definition) is 2. The molecule has 3 heteroatoms. The molecule has 1 unspecified atom stereocenters. The van der Waals surface area contributed by atoms with Crippen LogP contribution >= 0.6 is 0 Å². The molecule has 0 radical (unpaired) electrons. The largest absolute Gasteiger partial charge is 0.392 e. The summed E-state index contributed by atoms with van der Waals surface area (Å²) in [5.74, 6) is 0. The van der Waals surface area contributed by atoms with Gasteiger partial charge in [-0.2, -0.15) is 5.26 Å². The van der Waals surface area contributed by atoms with Crippen LogP contribution < -0.4 is 0 Å². The fraction of sp³-hybridized carbons (Fsp3) is 0.308. The summed E-state index contributed by atoms with van der Waals surface area (Å²) in [7, 11) is 0. The summed E-state index contributed by atoms with van der Waals surface area (Å²) in [5, 5.41) is 19.1. The van der Waals surface area contributed by atoms with Gasteiger partial charge >= 0.3 is 0 Å². The summed E-state index contributed by atoms with van der Waals surface area (Å²) in [6, 6.07) is 10.1. The lowest BCUT2D eigenvalue weighted by molar-refractivity contribution is 0.170. The van der Waals surface area contributed by atoms with Crippen molar-refractivity contribution in [3.63, 3.8) is 0 Å². The molecule has 3 nitrogen and oxygen atoms in total. The highest BCUT2D eigenvalue weighted by molar-refractivity contribution is 5.82. The van der Waals surface area contributed by atoms with Gasteiger partial charge in [0.05, 0.1) is 18.6 Å². The van der Waals surface area contributed by atoms with Crippen LogP contribution in [0.1, 0.15) is 18.4 Å². The first kappa shape index (κ1) is 10.7. The Morgan fingerprint density at radius 2 is 2.19 bits per heavy atom. The van der Waals surface area contributed by atoms with Crippen LogP contribution in [0.2, 0.25) is 0 Å². The molecule has 2 aromatic rings. The summed E-state index contributed by atoms with van der Waals surface area (Å²) >= 11 is 0. The Morgan fingerprint density at radius 1 is 1.38 bits per heavy atom. The Balaban J connectivity index is 2.08. The van der Waals surface area contributed by atoms with Gasteiger partial charge in [-0.3, -0.25) is 0 Å². The van der Waals surface area contributed by atoms with Gasteiger partial charge in [-0.1, -0.05) is 18.2 Å². The molecule has 0 aliphatic heterocycles. The number of nitriles is 1. The molecule has 2 N–H and O–H groups in total. The number of rotatable bonds is 4. The second kappa shape index (κ2) is 4.82. The Morgan fingerprint density at radius 3 is 3.00 bits per heavy atom. The second-order valence-electron chi connectivity index (χ2n) is 3.91. The van der Waals surface area contributed by atoms with Crippen LogP contribution in [0.4, 0.5) is 0 Å². The van der Waals surface area contributed by atoms with Gasteiger partial charge in [-0.15, -0.1) is 0 Å². The molecule has 16 heavy (non-hydrogen) atoms. The van der Waals surface area contributed by atoms with Crippen molar-refractivity contribution in [1.29, 1.82) is 5.26 Å². The van der Waals surface area contributed by atoms with E-state index in [1.54, 1.807) is 0 Å². The molecule has 1 atom stereocenters. The lowest BCUT2D eigenvalue weighted by atomic mass is 10.0. The fourth-order valence-electron chi connectivity index (χ4n) is 1.87. The van der Waals surface area contributed by atoms with Gasteiger partial charge in [0, 0.05) is 17.1 Å². The fourth-order valence-corrected chi connectivity index (χ4v) is 1.87. The minimum absolute atomic E-state index is 0.211. The first-order chi connectivity index (χ1) is 7.81. The number of aromatic nitrogens is 1. The lowest BCUT2D eigenvalue weighted by Crippen LogP contribution is -2.06. The van der Waals surface area contributed by atoms with E-state index >= 15 is 0 Å². The minimum atomic E-state index is -0.515. The van der Waals surface area contributed by atoms with E-state index in [1.807, 2.05) is 30.5 Å². The number of hydrogen-bond acceptors (Lipinski definition) is 2. The van der Waals surface area contributed by atoms with Crippen molar-refractivity contribution in [2.45, 2.75) is 25.4 Å². The number of benzene rings is 1. The summed E-state index contributed by atoms with van der Waals surface area (Å²) in [5.41, 5.74) is 2.32. The zero-order valence-electron chi connectivity index (χ0n) is 8.98. The van der Waals surface area contributed by atoms with Crippen molar-refractivity contribution in [3.05, 3.63) is 36.0 Å². The molecule has 0 bridgehead atoms. The average molecular weight is 214 g/mol. The van der Waals surface area contributed by atoms with Crippen molar-refractivity contribution >= 4 is 10.9 Å². The predicted octanol–water partition coefficient (Wildman–Crippen LogP) is 2.38. The smallest absolute Gasteiger partial charge is 0.0673 e. The van der Waals surface area contributed by atoms with Crippen molar-refractivity contribution in [3.8, 4) is 6.07 Å². The third-order valence-electron chi connectivity index (χ3n) is 2.75. The first-order valence-electron chi connectivity index (χ1n) is 5.41. The molecule has 1 aromatic heterocycles. The summed E-state index contributed by atoms with van der Waals surface area (Å²) < 4.78 is 0. The van der Waals surface area contributed by atoms with Crippen molar-refractivity contribution < 1.29 is 5.11 Å². The molecule has 1 aromatic carbocycles. The van der Waals surface area contributed by atoms with Gasteiger partial charge in [0.25, 0.3) is 0 Å². The van der Waals surface area contributed by atoms with E-state index < -0.39 is 6.10 Å². The van der Waals surface area contributed by atoms with E-state index in [2.05, 4.69) is 11.1 Å². The van der Waals surface area contributed by atoms with E-state index in [1.165, 1.54) is 10.9 Å². The highest BCUT2D eigenvalue weighted by Crippen LogP contribution is 2.19. The molecular formula is C13H14N2O. The molecule has 0 aliphatic rings. The minimum Gasteiger partial charge on any atom is -0.392 e. The molecule has 0 saturated heterocycles. The van der Waals surface area contributed by atoms with Crippen molar-refractivity contribution in [2.24, 2.45) is 0 Å². The molecule has 1 heterocycles. The van der Waals surface area contributed by atoms with E-state index in [-0.39, 0.29) is 6.42 Å². The summed E-state index contributed by atoms with van der Waals surface area (Å²) in [4.78, 5) is 3.20. The maximum Gasteiger partial charge on any atom is 0.0673 e. The van der Waals surface area contributed by atoms with Crippen LogP contribution in [0.25, 0.3) is 10.9 Å². The van der Waals surface area contributed by atoms with Gasteiger partial charge in [-0.25, -0.2) is 0 Å². The monoisotopic (exact) mass is 214 g/mol. The van der Waals surface area contributed by atoms with Crippen LogP contribution in [-0.2, 0) is 6.42 Å². The Kier molecular flexibility index (Phi) is 3.23. The number of fused-ring (bicyclic) bond motifs is 1. The molecule has 0 fully saturated rings. The zero-order valence-corrected chi connectivity index (χ0v) is 8.98. The van der Waals surface area contributed by atoms with Gasteiger partial charge in [0.2, 0.25) is 0 Å². The topological polar surface area (TPSA) is 59.8 Å². The van der Waals surface area contributed by atoms with Crippen LogP contribution in [0, 0.1) is 11.3 Å². The van der Waals surface area contributed by atoms with Crippen molar-refractivity contribution in [1.82, 2.24) is 4.98 Å². The Bertz CT molecular complexity index is 510. The Labute approximate surface area is 94.3 Å². The maximum absolute atomic E-state index is 9.49. The van der Waals surface area contributed by atoms with Gasteiger partial charge in [0.1, 0.15) is 0 Å². The quantitative estimate of drug-likeness (QED) is 0.820. The highest BCUT2D eigenvalue weighted by Gasteiger charge is 2.07. The lowest BCUT2D eigenvalue weighted by Gasteiger charge is -2.04. The molecule has 82 valence electrons. The Hall–Kier alpha value is -1.79. The number of nitrogens with one attached hydrogen (secondary N) is 1. The number of aromatic amines is 1. The molecule has 2 rings (SSSR count). The van der Waals surface area contributed by atoms with Crippen LogP contribution in [0.3, 0.4) is 0 Å². The number of H-pyrrole nitrogens is 1. The van der Waals surface area contributed by atoms with Crippen LogP contribution in [0.15, 0.2) is 30.5 Å². The van der Waals surface area contributed by atoms with Gasteiger partial charge in [0.15, 0.2) is 0 Å².